The van der Waals surface area contributed by atoms with E-state index in [4.69, 9.17) is 4.74 Å². The molecule has 1 saturated carbocycles. The highest BCUT2D eigenvalue weighted by molar-refractivity contribution is 7.89. The Labute approximate surface area is 149 Å². The van der Waals surface area contributed by atoms with Gasteiger partial charge in [-0.2, -0.15) is 4.31 Å². The predicted octanol–water partition coefficient (Wildman–Crippen LogP) is 1.65. The smallest absolute Gasteiger partial charge is 0.317 e. The van der Waals surface area contributed by atoms with Crippen LogP contribution in [0.2, 0.25) is 0 Å². The Morgan fingerprint density at radius 2 is 1.84 bits per heavy atom. The van der Waals surface area contributed by atoms with Crippen LogP contribution in [-0.2, 0) is 10.0 Å². The number of carbonyl (C=O) groups is 1. The molecule has 1 aliphatic heterocycles. The molecule has 25 heavy (non-hydrogen) atoms. The number of nitrogens with one attached hydrogen (secondary N) is 1. The van der Waals surface area contributed by atoms with Gasteiger partial charge in [-0.1, -0.05) is 18.9 Å². The molecule has 1 aromatic carbocycles. The minimum atomic E-state index is -3.57. The molecule has 1 aromatic rings. The monoisotopic (exact) mass is 367 g/mol. The van der Waals surface area contributed by atoms with Crippen molar-refractivity contribution < 1.29 is 17.9 Å². The zero-order valence-electron chi connectivity index (χ0n) is 14.5. The number of sulfonamides is 1. The number of hydrogen-bond acceptors (Lipinski definition) is 4. The van der Waals surface area contributed by atoms with Gasteiger partial charge in [0.1, 0.15) is 5.75 Å². The van der Waals surface area contributed by atoms with E-state index in [1.54, 1.807) is 23.1 Å². The molecule has 3 rings (SSSR count). The molecule has 1 N–H and O–H groups in total. The number of nitrogens with zero attached hydrogens (tertiary/aromatic N) is 2. The van der Waals surface area contributed by atoms with Crippen molar-refractivity contribution in [2.75, 3.05) is 33.3 Å². The van der Waals surface area contributed by atoms with Crippen LogP contribution in [0.25, 0.3) is 0 Å². The average Bonchev–Trinajstić information content (AvgIpc) is 3.15. The van der Waals surface area contributed by atoms with Gasteiger partial charge in [0, 0.05) is 38.3 Å². The summed E-state index contributed by atoms with van der Waals surface area (Å²) < 4.78 is 32.1. The van der Waals surface area contributed by atoms with Crippen molar-refractivity contribution in [3.8, 4) is 5.75 Å². The van der Waals surface area contributed by atoms with Gasteiger partial charge in [-0.3, -0.25) is 0 Å². The van der Waals surface area contributed by atoms with Gasteiger partial charge in [0.15, 0.2) is 0 Å². The van der Waals surface area contributed by atoms with Gasteiger partial charge in [-0.15, -0.1) is 0 Å². The van der Waals surface area contributed by atoms with E-state index in [1.807, 2.05) is 0 Å². The SMILES string of the molecule is COc1cccc(S(=O)(=O)N2CCN(C(=O)NC3CCCC3)CC2)c1. The Morgan fingerprint density at radius 3 is 2.48 bits per heavy atom. The number of carbonyl (C=O) groups excluding carboxylic acids is 1. The van der Waals surface area contributed by atoms with Crippen molar-refractivity contribution in [1.29, 1.82) is 0 Å². The lowest BCUT2D eigenvalue weighted by atomic mass is 10.2. The molecule has 1 saturated heterocycles. The van der Waals surface area contributed by atoms with Crippen molar-refractivity contribution in [2.24, 2.45) is 0 Å². The van der Waals surface area contributed by atoms with Crippen molar-refractivity contribution in [2.45, 2.75) is 36.6 Å². The van der Waals surface area contributed by atoms with Gasteiger partial charge in [0.25, 0.3) is 0 Å². The lowest BCUT2D eigenvalue weighted by Crippen LogP contribution is -2.54. The Balaban J connectivity index is 1.59. The second kappa shape index (κ2) is 7.61. The molecule has 8 heteroatoms. The summed E-state index contributed by atoms with van der Waals surface area (Å²) in [6.07, 6.45) is 4.40. The van der Waals surface area contributed by atoms with Gasteiger partial charge in [-0.05, 0) is 25.0 Å². The molecule has 1 aliphatic carbocycles. The highest BCUT2D eigenvalue weighted by Gasteiger charge is 2.31. The van der Waals surface area contributed by atoms with Gasteiger partial charge >= 0.3 is 6.03 Å². The maximum atomic E-state index is 12.8. The molecule has 0 radical (unpaired) electrons. The van der Waals surface area contributed by atoms with E-state index in [1.165, 1.54) is 17.5 Å². The molecular formula is C17H25N3O4S. The van der Waals surface area contributed by atoms with E-state index in [0.717, 1.165) is 25.7 Å². The third-order valence-electron chi connectivity index (χ3n) is 4.89. The fourth-order valence-corrected chi connectivity index (χ4v) is 4.84. The zero-order chi connectivity index (χ0) is 17.9. The minimum absolute atomic E-state index is 0.0784. The molecule has 0 atom stereocenters. The summed E-state index contributed by atoms with van der Waals surface area (Å²) in [5.74, 6) is 0.510. The highest BCUT2D eigenvalue weighted by atomic mass is 32.2. The lowest BCUT2D eigenvalue weighted by Gasteiger charge is -2.34. The van der Waals surface area contributed by atoms with Crippen LogP contribution in [0.5, 0.6) is 5.75 Å². The van der Waals surface area contributed by atoms with Gasteiger partial charge in [0.2, 0.25) is 10.0 Å². The first kappa shape index (κ1) is 18.0. The first-order valence-corrected chi connectivity index (χ1v) is 10.1. The van der Waals surface area contributed by atoms with Crippen LogP contribution in [0.3, 0.4) is 0 Å². The number of ether oxygens (including phenoxy) is 1. The van der Waals surface area contributed by atoms with Crippen LogP contribution in [-0.4, -0.2) is 63.0 Å². The normalized spacial score (nSPS) is 19.8. The van der Waals surface area contributed by atoms with Crippen LogP contribution in [0.1, 0.15) is 25.7 Å². The fourth-order valence-electron chi connectivity index (χ4n) is 3.38. The van der Waals surface area contributed by atoms with E-state index < -0.39 is 10.0 Å². The van der Waals surface area contributed by atoms with Gasteiger partial charge < -0.3 is 15.0 Å². The molecule has 1 heterocycles. The van der Waals surface area contributed by atoms with E-state index in [9.17, 15) is 13.2 Å². The molecule has 0 aromatic heterocycles. The molecule has 0 spiro atoms. The van der Waals surface area contributed by atoms with Crippen LogP contribution in [0.4, 0.5) is 4.79 Å². The molecule has 7 nitrogen and oxygen atoms in total. The molecule has 0 bridgehead atoms. The Hall–Kier alpha value is -1.80. The number of piperazine rings is 1. The Morgan fingerprint density at radius 1 is 1.16 bits per heavy atom. The summed E-state index contributed by atoms with van der Waals surface area (Å²) >= 11 is 0. The molecule has 2 aliphatic rings. The quantitative estimate of drug-likeness (QED) is 0.878. The van der Waals surface area contributed by atoms with Crippen LogP contribution >= 0.6 is 0 Å². The van der Waals surface area contributed by atoms with Crippen molar-refractivity contribution in [3.05, 3.63) is 24.3 Å². The second-order valence-electron chi connectivity index (χ2n) is 6.50. The van der Waals surface area contributed by atoms with Crippen LogP contribution < -0.4 is 10.1 Å². The zero-order valence-corrected chi connectivity index (χ0v) is 15.3. The largest absolute Gasteiger partial charge is 0.497 e. The summed E-state index contributed by atoms with van der Waals surface area (Å²) in [6.45, 7) is 1.42. The lowest BCUT2D eigenvalue weighted by molar-refractivity contribution is 0.169. The summed E-state index contributed by atoms with van der Waals surface area (Å²) in [6, 6.07) is 6.66. The van der Waals surface area contributed by atoms with Crippen molar-refractivity contribution >= 4 is 16.1 Å². The summed E-state index contributed by atoms with van der Waals surface area (Å²) in [4.78, 5) is 14.2. The first-order chi connectivity index (χ1) is 12.0. The standard InChI is InChI=1S/C17H25N3O4S/c1-24-15-7-4-8-16(13-15)25(22,23)20-11-9-19(10-12-20)17(21)18-14-5-2-3-6-14/h4,7-8,13-14H,2-3,5-6,9-12H2,1H3,(H,18,21). The predicted molar refractivity (Wildman–Crippen MR) is 94.1 cm³/mol. The highest BCUT2D eigenvalue weighted by Crippen LogP contribution is 2.22. The van der Waals surface area contributed by atoms with Crippen molar-refractivity contribution in [3.63, 3.8) is 0 Å². The third-order valence-corrected chi connectivity index (χ3v) is 6.78. The van der Waals surface area contributed by atoms with E-state index in [2.05, 4.69) is 5.32 Å². The number of amides is 2. The van der Waals surface area contributed by atoms with Crippen molar-refractivity contribution in [1.82, 2.24) is 14.5 Å². The summed E-state index contributed by atoms with van der Waals surface area (Å²) in [7, 11) is -2.06. The van der Waals surface area contributed by atoms with Crippen LogP contribution in [0.15, 0.2) is 29.2 Å². The topological polar surface area (TPSA) is 79.0 Å². The number of rotatable bonds is 4. The van der Waals surface area contributed by atoms with Gasteiger partial charge in [0.05, 0.1) is 12.0 Å². The Bertz CT molecular complexity index is 708. The molecule has 2 fully saturated rings. The van der Waals surface area contributed by atoms with E-state index in [0.29, 0.717) is 31.9 Å². The van der Waals surface area contributed by atoms with E-state index in [-0.39, 0.29) is 17.0 Å². The number of benzene rings is 1. The minimum Gasteiger partial charge on any atom is -0.497 e. The Kier molecular flexibility index (Phi) is 5.48. The third kappa shape index (κ3) is 4.07. The number of urea groups is 1. The summed E-state index contributed by atoms with van der Waals surface area (Å²) in [5, 5.41) is 3.05. The van der Waals surface area contributed by atoms with E-state index >= 15 is 0 Å². The average molecular weight is 367 g/mol. The molecular weight excluding hydrogens is 342 g/mol. The maximum Gasteiger partial charge on any atom is 0.317 e. The number of hydrogen-bond donors (Lipinski definition) is 1. The maximum absolute atomic E-state index is 12.8. The molecule has 2 amide bonds. The number of methoxy groups -OCH3 is 1. The molecule has 0 unspecified atom stereocenters. The fraction of sp³-hybridized carbons (Fsp3) is 0.588. The molecule has 138 valence electrons. The summed E-state index contributed by atoms with van der Waals surface area (Å²) in [5.41, 5.74) is 0. The second-order valence-corrected chi connectivity index (χ2v) is 8.44. The van der Waals surface area contributed by atoms with Gasteiger partial charge in [-0.25, -0.2) is 13.2 Å². The first-order valence-electron chi connectivity index (χ1n) is 8.70. The van der Waals surface area contributed by atoms with Crippen LogP contribution in [0, 0.1) is 0 Å².